The maximum atomic E-state index is 12.8. The summed E-state index contributed by atoms with van der Waals surface area (Å²) in [5.41, 5.74) is 3.77. The van der Waals surface area contributed by atoms with Crippen LogP contribution in [-0.4, -0.2) is 24.0 Å². The Kier molecular flexibility index (Phi) is 6.42. The molecule has 0 saturated heterocycles. The van der Waals surface area contributed by atoms with Crippen molar-refractivity contribution >= 4 is 40.7 Å². The highest BCUT2D eigenvalue weighted by atomic mass is 35.5. The smallest absolute Gasteiger partial charge is 0.220 e. The van der Waals surface area contributed by atoms with E-state index in [1.54, 1.807) is 0 Å². The summed E-state index contributed by atoms with van der Waals surface area (Å²) >= 11 is 11.0. The molecule has 0 aromatic heterocycles. The Morgan fingerprint density at radius 2 is 1.80 bits per heavy atom. The lowest BCUT2D eigenvalue weighted by Gasteiger charge is -2.16. The van der Waals surface area contributed by atoms with Crippen LogP contribution in [0, 0.1) is 26.7 Å². The summed E-state index contributed by atoms with van der Waals surface area (Å²) < 4.78 is 0.0674. The molecule has 1 aromatic rings. The van der Waals surface area contributed by atoms with E-state index >= 15 is 0 Å². The van der Waals surface area contributed by atoms with E-state index in [9.17, 15) is 14.4 Å². The topological polar surface area (TPSA) is 63.2 Å². The molecule has 1 fully saturated rings. The number of aryl methyl sites for hydroxylation is 3. The number of ketones is 2. The Labute approximate surface area is 157 Å². The van der Waals surface area contributed by atoms with Crippen LogP contribution in [0.3, 0.4) is 0 Å². The second kappa shape index (κ2) is 8.15. The van der Waals surface area contributed by atoms with E-state index in [4.69, 9.17) is 23.2 Å². The van der Waals surface area contributed by atoms with Crippen LogP contribution >= 0.6 is 23.2 Å². The zero-order valence-corrected chi connectivity index (χ0v) is 16.0. The van der Waals surface area contributed by atoms with Gasteiger partial charge >= 0.3 is 0 Å². The standard InChI is InChI=1S/C19H21Cl2NO3/c1-10-6-11(2)17(12(3)7-10)18-14(23)8-13(19(18)25)9-16(24)22-5-4-15(20)21/h4,6-7,13,18H,5,8-9H2,1-3H3,(H,22,24). The van der Waals surface area contributed by atoms with Gasteiger partial charge in [0.1, 0.15) is 16.2 Å². The number of benzene rings is 1. The Bertz CT molecular complexity index is 728. The summed E-state index contributed by atoms with van der Waals surface area (Å²) in [4.78, 5) is 37.2. The molecular formula is C19H21Cl2NO3. The molecule has 0 bridgehead atoms. The highest BCUT2D eigenvalue weighted by Gasteiger charge is 2.43. The molecule has 1 aliphatic rings. The van der Waals surface area contributed by atoms with Crippen molar-refractivity contribution in [3.05, 3.63) is 45.0 Å². The average Bonchev–Trinajstić information content (AvgIpc) is 2.73. The van der Waals surface area contributed by atoms with Gasteiger partial charge in [0.05, 0.1) is 0 Å². The molecule has 0 aliphatic heterocycles. The number of carbonyl (C=O) groups is 3. The molecule has 25 heavy (non-hydrogen) atoms. The minimum atomic E-state index is -0.754. The van der Waals surface area contributed by atoms with Gasteiger partial charge in [-0.3, -0.25) is 14.4 Å². The van der Waals surface area contributed by atoms with Gasteiger partial charge in [-0.05, 0) is 43.5 Å². The molecule has 2 unspecified atom stereocenters. The van der Waals surface area contributed by atoms with Crippen LogP contribution in [0.25, 0.3) is 0 Å². The fourth-order valence-corrected chi connectivity index (χ4v) is 3.67. The molecule has 2 rings (SSSR count). The Morgan fingerprint density at radius 3 is 2.36 bits per heavy atom. The molecule has 134 valence electrons. The number of hydrogen-bond acceptors (Lipinski definition) is 3. The lowest BCUT2D eigenvalue weighted by Crippen LogP contribution is -2.27. The fourth-order valence-electron chi connectivity index (χ4n) is 3.52. The van der Waals surface area contributed by atoms with Crippen molar-refractivity contribution < 1.29 is 14.4 Å². The molecule has 0 radical (unpaired) electrons. The third kappa shape index (κ3) is 4.71. The average molecular weight is 382 g/mol. The Balaban J connectivity index is 2.13. The van der Waals surface area contributed by atoms with Crippen LogP contribution in [0.1, 0.15) is 41.0 Å². The van der Waals surface area contributed by atoms with Crippen LogP contribution in [0.4, 0.5) is 0 Å². The van der Waals surface area contributed by atoms with Gasteiger partial charge in [0, 0.05) is 25.3 Å². The van der Waals surface area contributed by atoms with Crippen LogP contribution < -0.4 is 5.32 Å². The van der Waals surface area contributed by atoms with Crippen molar-refractivity contribution in [1.29, 1.82) is 0 Å². The summed E-state index contributed by atoms with van der Waals surface area (Å²) in [6.07, 6.45) is 1.55. The number of Topliss-reactive ketones (excluding diaryl/α,β-unsaturated/α-hetero) is 2. The molecule has 1 saturated carbocycles. The van der Waals surface area contributed by atoms with Gasteiger partial charge in [0.25, 0.3) is 0 Å². The van der Waals surface area contributed by atoms with Gasteiger partial charge in [-0.15, -0.1) is 0 Å². The molecule has 1 amide bonds. The second-order valence-electron chi connectivity index (χ2n) is 6.52. The minimum absolute atomic E-state index is 0.00122. The number of amides is 1. The van der Waals surface area contributed by atoms with E-state index in [0.29, 0.717) is 0 Å². The summed E-state index contributed by atoms with van der Waals surface area (Å²) in [7, 11) is 0. The Hall–Kier alpha value is -1.65. The van der Waals surface area contributed by atoms with Gasteiger partial charge < -0.3 is 5.32 Å². The molecule has 6 heteroatoms. The number of hydrogen-bond donors (Lipinski definition) is 1. The number of halogens is 2. The van der Waals surface area contributed by atoms with Crippen molar-refractivity contribution in [2.24, 2.45) is 5.92 Å². The van der Waals surface area contributed by atoms with E-state index < -0.39 is 11.8 Å². The van der Waals surface area contributed by atoms with E-state index in [2.05, 4.69) is 5.32 Å². The van der Waals surface area contributed by atoms with Gasteiger partial charge in [-0.1, -0.05) is 40.9 Å². The zero-order chi connectivity index (χ0) is 18.7. The van der Waals surface area contributed by atoms with E-state index in [0.717, 1.165) is 22.3 Å². The third-order valence-corrected chi connectivity index (χ3v) is 4.78. The minimum Gasteiger partial charge on any atom is -0.353 e. The SMILES string of the molecule is Cc1cc(C)c(C2C(=O)CC(CC(=O)NCC=C(Cl)Cl)C2=O)c(C)c1. The molecule has 1 aliphatic carbocycles. The first-order chi connectivity index (χ1) is 11.7. The lowest BCUT2D eigenvalue weighted by molar-refractivity contribution is -0.128. The molecular weight excluding hydrogens is 361 g/mol. The van der Waals surface area contributed by atoms with Gasteiger partial charge in [0.15, 0.2) is 5.78 Å². The van der Waals surface area contributed by atoms with Crippen LogP contribution in [0.15, 0.2) is 22.7 Å². The summed E-state index contributed by atoms with van der Waals surface area (Å²) in [6.45, 7) is 6.00. The first-order valence-corrected chi connectivity index (χ1v) is 8.88. The predicted molar refractivity (Wildman–Crippen MR) is 98.9 cm³/mol. The largest absolute Gasteiger partial charge is 0.353 e. The highest BCUT2D eigenvalue weighted by Crippen LogP contribution is 2.37. The molecule has 0 heterocycles. The van der Waals surface area contributed by atoms with Crippen molar-refractivity contribution in [3.63, 3.8) is 0 Å². The van der Waals surface area contributed by atoms with Crippen LogP contribution in [0.5, 0.6) is 0 Å². The van der Waals surface area contributed by atoms with Crippen molar-refractivity contribution in [1.82, 2.24) is 5.32 Å². The van der Waals surface area contributed by atoms with E-state index in [1.807, 2.05) is 32.9 Å². The molecule has 4 nitrogen and oxygen atoms in total. The fraction of sp³-hybridized carbons (Fsp3) is 0.421. The second-order valence-corrected chi connectivity index (χ2v) is 7.52. The Morgan fingerprint density at radius 1 is 1.20 bits per heavy atom. The van der Waals surface area contributed by atoms with Crippen molar-refractivity contribution in [2.75, 3.05) is 6.54 Å². The number of carbonyl (C=O) groups excluding carboxylic acids is 3. The van der Waals surface area contributed by atoms with Crippen molar-refractivity contribution in [2.45, 2.75) is 39.5 Å². The normalized spacial score (nSPS) is 19.9. The van der Waals surface area contributed by atoms with Crippen molar-refractivity contribution in [3.8, 4) is 0 Å². The maximum Gasteiger partial charge on any atom is 0.220 e. The van der Waals surface area contributed by atoms with E-state index in [1.165, 1.54) is 6.08 Å². The summed E-state index contributed by atoms with van der Waals surface area (Å²) in [6, 6.07) is 3.95. The molecule has 1 N–H and O–H groups in total. The molecule has 0 spiro atoms. The molecule has 1 aromatic carbocycles. The monoisotopic (exact) mass is 381 g/mol. The quantitative estimate of drug-likeness (QED) is 0.791. The van der Waals surface area contributed by atoms with Crippen LogP contribution in [-0.2, 0) is 14.4 Å². The van der Waals surface area contributed by atoms with Gasteiger partial charge in [-0.2, -0.15) is 0 Å². The third-order valence-electron chi connectivity index (χ3n) is 4.47. The van der Waals surface area contributed by atoms with E-state index in [-0.39, 0.29) is 41.4 Å². The van der Waals surface area contributed by atoms with Crippen LogP contribution in [0.2, 0.25) is 0 Å². The zero-order valence-electron chi connectivity index (χ0n) is 14.5. The first kappa shape index (κ1) is 19.7. The predicted octanol–water partition coefficient (Wildman–Crippen LogP) is 3.68. The van der Waals surface area contributed by atoms with Gasteiger partial charge in [-0.25, -0.2) is 0 Å². The first-order valence-electron chi connectivity index (χ1n) is 8.12. The molecule has 2 atom stereocenters. The number of nitrogens with one attached hydrogen (secondary N) is 1. The highest BCUT2D eigenvalue weighted by molar-refractivity contribution is 6.55. The lowest BCUT2D eigenvalue weighted by atomic mass is 9.86. The van der Waals surface area contributed by atoms with Gasteiger partial charge in [0.2, 0.25) is 5.91 Å². The number of rotatable bonds is 5. The summed E-state index contributed by atoms with van der Waals surface area (Å²) in [5.74, 6) is -1.90. The summed E-state index contributed by atoms with van der Waals surface area (Å²) in [5, 5.41) is 2.61. The maximum absolute atomic E-state index is 12.8.